The van der Waals surface area contributed by atoms with E-state index in [4.69, 9.17) is 9.47 Å². The van der Waals surface area contributed by atoms with E-state index < -0.39 is 5.41 Å². The Labute approximate surface area is 360 Å². The number of rotatable bonds is 40. The summed E-state index contributed by atoms with van der Waals surface area (Å²) in [5.41, 5.74) is -0.656. The molecule has 0 amide bonds. The fourth-order valence-electron chi connectivity index (χ4n) is 8.40. The Morgan fingerprint density at radius 2 is 1.14 bits per heavy atom. The summed E-state index contributed by atoms with van der Waals surface area (Å²) >= 11 is 0. The summed E-state index contributed by atoms with van der Waals surface area (Å²) < 4.78 is 12.6. The average molecular weight is 816 g/mol. The number of hydrogen-bond donors (Lipinski definition) is 0. The monoisotopic (exact) mass is 816 g/mol. The van der Waals surface area contributed by atoms with E-state index in [-0.39, 0.29) is 29.1 Å². The second kappa shape index (κ2) is 34.1. The number of nitrogens with zero attached hydrogens (tertiary/aromatic N) is 1. The van der Waals surface area contributed by atoms with Gasteiger partial charge in [0.1, 0.15) is 11.9 Å². The third-order valence-electron chi connectivity index (χ3n) is 13.1. The minimum Gasteiger partial charge on any atom is -0.462 e. The van der Waals surface area contributed by atoms with Crippen molar-refractivity contribution in [3.63, 3.8) is 0 Å². The predicted octanol–water partition coefficient (Wildman–Crippen LogP) is 14.7. The van der Waals surface area contributed by atoms with Crippen molar-refractivity contribution in [1.29, 1.82) is 0 Å². The number of ether oxygens (including phenoxy) is 2. The van der Waals surface area contributed by atoms with Crippen molar-refractivity contribution in [3.05, 3.63) is 12.2 Å². The highest BCUT2D eigenvalue weighted by molar-refractivity contribution is 5.89. The minimum absolute atomic E-state index is 0.000311. The Bertz CT molecular complexity index is 1050. The molecule has 2 atom stereocenters. The molecular weight excluding hydrogens is 719 g/mol. The molecule has 1 saturated heterocycles. The smallest absolute Gasteiger partial charge is 0.311 e. The van der Waals surface area contributed by atoms with Gasteiger partial charge in [0.25, 0.3) is 0 Å². The molecule has 1 heterocycles. The number of unbranched alkanes of at least 4 members (excludes halogenated alkanes) is 19. The molecule has 340 valence electrons. The summed E-state index contributed by atoms with van der Waals surface area (Å²) in [6.45, 7) is 20.3. The lowest BCUT2D eigenvalue weighted by molar-refractivity contribution is -0.161. The zero-order valence-corrected chi connectivity index (χ0v) is 39.9. The van der Waals surface area contributed by atoms with Gasteiger partial charge in [0, 0.05) is 31.0 Å². The van der Waals surface area contributed by atoms with E-state index in [0.29, 0.717) is 18.4 Å². The van der Waals surface area contributed by atoms with Gasteiger partial charge in [0.05, 0.1) is 12.0 Å². The maximum atomic E-state index is 13.4. The van der Waals surface area contributed by atoms with Gasteiger partial charge in [-0.3, -0.25) is 19.3 Å². The molecule has 1 rings (SSSR count). The number of Topliss-reactive ketones (excluding diaryl/α,β-unsaturated/α-hetero) is 1. The first-order chi connectivity index (χ1) is 27.9. The minimum atomic E-state index is -0.446. The van der Waals surface area contributed by atoms with Gasteiger partial charge >= 0.3 is 5.97 Å². The molecule has 0 aromatic rings. The molecule has 1 aliphatic heterocycles. The van der Waals surface area contributed by atoms with Crippen molar-refractivity contribution in [2.24, 2.45) is 16.7 Å². The summed E-state index contributed by atoms with van der Waals surface area (Å²) in [6.07, 6.45) is 38.4. The van der Waals surface area contributed by atoms with E-state index in [1.165, 1.54) is 103 Å². The molecule has 0 bridgehead atoms. The Balaban J connectivity index is 2.50. The van der Waals surface area contributed by atoms with Gasteiger partial charge in [-0.05, 0) is 104 Å². The van der Waals surface area contributed by atoms with Crippen LogP contribution in [-0.2, 0) is 23.9 Å². The van der Waals surface area contributed by atoms with Crippen LogP contribution in [0.1, 0.15) is 248 Å². The fourth-order valence-corrected chi connectivity index (χ4v) is 8.40. The van der Waals surface area contributed by atoms with Crippen LogP contribution in [0.25, 0.3) is 0 Å². The van der Waals surface area contributed by atoms with Gasteiger partial charge in [0.2, 0.25) is 0 Å². The van der Waals surface area contributed by atoms with Gasteiger partial charge in [-0.1, -0.05) is 163 Å². The summed E-state index contributed by atoms with van der Waals surface area (Å²) in [7, 11) is 0. The first-order valence-corrected chi connectivity index (χ1v) is 25.1. The second-order valence-electron chi connectivity index (χ2n) is 19.6. The molecule has 6 heteroatoms. The third kappa shape index (κ3) is 27.3. The van der Waals surface area contributed by atoms with E-state index >= 15 is 0 Å². The first-order valence-electron chi connectivity index (χ1n) is 25.1. The molecule has 0 aromatic carbocycles. The number of ketones is 2. The quantitative estimate of drug-likeness (QED) is 0.0348. The maximum Gasteiger partial charge on any atom is 0.311 e. The maximum absolute atomic E-state index is 13.4. The van der Waals surface area contributed by atoms with Crippen LogP contribution in [0.5, 0.6) is 0 Å². The molecule has 0 saturated carbocycles. The molecule has 0 aromatic heterocycles. The van der Waals surface area contributed by atoms with Gasteiger partial charge in [-0.25, -0.2) is 0 Å². The van der Waals surface area contributed by atoms with Crippen LogP contribution in [-0.4, -0.2) is 60.9 Å². The molecule has 0 aliphatic carbocycles. The zero-order valence-electron chi connectivity index (χ0n) is 39.9. The Kier molecular flexibility index (Phi) is 32.0. The van der Waals surface area contributed by atoms with Crippen LogP contribution in [0.15, 0.2) is 12.2 Å². The molecular formula is C52H97NO5. The number of allylic oxidation sites excluding steroid dienone is 1. The highest BCUT2D eigenvalue weighted by atomic mass is 16.5. The summed E-state index contributed by atoms with van der Waals surface area (Å²) in [4.78, 5) is 40.5. The fraction of sp³-hybridized carbons (Fsp3) is 0.904. The van der Waals surface area contributed by atoms with Crippen LogP contribution in [0.4, 0.5) is 0 Å². The van der Waals surface area contributed by atoms with Crippen LogP contribution in [0, 0.1) is 16.7 Å². The lowest BCUT2D eigenvalue weighted by Crippen LogP contribution is -2.34. The molecule has 0 unspecified atom stereocenters. The Hall–Kier alpha value is -1.53. The number of carbonyl (C=O) groups is 3. The van der Waals surface area contributed by atoms with Crippen molar-refractivity contribution in [1.82, 2.24) is 4.90 Å². The van der Waals surface area contributed by atoms with Crippen molar-refractivity contribution in [3.8, 4) is 0 Å². The summed E-state index contributed by atoms with van der Waals surface area (Å²) in [5.74, 6) is 0.960. The third-order valence-corrected chi connectivity index (χ3v) is 13.1. The van der Waals surface area contributed by atoms with Gasteiger partial charge in [0.15, 0.2) is 5.78 Å². The van der Waals surface area contributed by atoms with E-state index in [1.807, 2.05) is 6.08 Å². The molecule has 1 fully saturated rings. The van der Waals surface area contributed by atoms with Crippen LogP contribution < -0.4 is 0 Å². The van der Waals surface area contributed by atoms with Crippen molar-refractivity contribution < 1.29 is 23.9 Å². The Morgan fingerprint density at radius 1 is 0.638 bits per heavy atom. The SMILES string of the molecule is CCCCCCCCC(CCCCCCCC)OC(=O)C(C)(C)CCCCCCOC[C@@H]1C[C@H](C=CC(=O)CCCCCC)CN1CCCCCCC(C)(C)C(C)=O. The van der Waals surface area contributed by atoms with Crippen molar-refractivity contribution in [2.45, 2.75) is 260 Å². The molecule has 0 radical (unpaired) electrons. The first kappa shape index (κ1) is 54.5. The second-order valence-corrected chi connectivity index (χ2v) is 19.6. The van der Waals surface area contributed by atoms with Crippen LogP contribution >= 0.6 is 0 Å². The van der Waals surface area contributed by atoms with E-state index in [1.54, 1.807) is 6.92 Å². The topological polar surface area (TPSA) is 72.9 Å². The number of hydrogen-bond acceptors (Lipinski definition) is 6. The highest BCUT2D eigenvalue weighted by Crippen LogP contribution is 2.30. The lowest BCUT2D eigenvalue weighted by atomic mass is 9.83. The molecule has 0 spiro atoms. The van der Waals surface area contributed by atoms with E-state index in [9.17, 15) is 14.4 Å². The van der Waals surface area contributed by atoms with E-state index in [0.717, 1.165) is 110 Å². The van der Waals surface area contributed by atoms with Crippen LogP contribution in [0.2, 0.25) is 0 Å². The molecule has 0 N–H and O–H groups in total. The number of esters is 1. The average Bonchev–Trinajstić information content (AvgIpc) is 3.58. The number of likely N-dealkylation sites (tertiary alicyclic amines) is 1. The molecule has 58 heavy (non-hydrogen) atoms. The standard InChI is InChI=1S/C52H97NO5/c1-9-12-15-18-20-27-34-49(35-28-21-19-16-13-10-2)58-50(56)52(7,8)39-30-23-25-32-41-57-44-47-42-46(36-37-48(55)33-26-17-14-11-3)43-53(47)40-31-24-22-29-38-51(5,6)45(4)54/h36-37,46-47,49H,9-35,38-44H2,1-8H3/t46-,47-/m0/s1. The van der Waals surface area contributed by atoms with Gasteiger partial charge in [-0.15, -0.1) is 0 Å². The van der Waals surface area contributed by atoms with E-state index in [2.05, 4.69) is 59.4 Å². The predicted molar refractivity (Wildman–Crippen MR) is 247 cm³/mol. The van der Waals surface area contributed by atoms with Crippen LogP contribution in [0.3, 0.4) is 0 Å². The normalized spacial score (nSPS) is 16.6. The molecule has 6 nitrogen and oxygen atoms in total. The van der Waals surface area contributed by atoms with Crippen molar-refractivity contribution in [2.75, 3.05) is 26.3 Å². The Morgan fingerprint density at radius 3 is 1.72 bits per heavy atom. The highest BCUT2D eigenvalue weighted by Gasteiger charge is 2.32. The largest absolute Gasteiger partial charge is 0.462 e. The lowest BCUT2D eigenvalue weighted by Gasteiger charge is -2.27. The van der Waals surface area contributed by atoms with Crippen molar-refractivity contribution >= 4 is 17.5 Å². The molecule has 1 aliphatic rings. The summed E-state index contributed by atoms with van der Waals surface area (Å²) in [5, 5.41) is 0. The summed E-state index contributed by atoms with van der Waals surface area (Å²) in [6, 6.07) is 0.392. The van der Waals surface area contributed by atoms with Gasteiger partial charge in [-0.2, -0.15) is 0 Å². The number of carbonyl (C=O) groups excluding carboxylic acids is 3. The van der Waals surface area contributed by atoms with Gasteiger partial charge < -0.3 is 9.47 Å². The zero-order chi connectivity index (χ0) is 42.9.